The standard InChI is InChI=1S/C14H21BrN2O/c1-17(2)14(9-13-10-18-7-6-16-13)11-4-3-5-12(15)8-11/h3-5,8,13-14,16H,6-7,9-10H2,1-2H3. The van der Waals surface area contributed by atoms with Crippen LogP contribution in [-0.4, -0.2) is 44.8 Å². The van der Waals surface area contributed by atoms with Gasteiger partial charge in [-0.15, -0.1) is 0 Å². The van der Waals surface area contributed by atoms with Gasteiger partial charge in [0.05, 0.1) is 13.2 Å². The second-order valence-corrected chi connectivity index (χ2v) is 5.91. The highest BCUT2D eigenvalue weighted by atomic mass is 79.9. The number of benzene rings is 1. The maximum absolute atomic E-state index is 5.53. The van der Waals surface area contributed by atoms with E-state index in [1.165, 1.54) is 5.56 Å². The summed E-state index contributed by atoms with van der Waals surface area (Å²) in [6.45, 7) is 2.61. The van der Waals surface area contributed by atoms with E-state index in [2.05, 4.69) is 64.5 Å². The summed E-state index contributed by atoms with van der Waals surface area (Å²) in [5.74, 6) is 0. The largest absolute Gasteiger partial charge is 0.379 e. The molecule has 2 unspecified atom stereocenters. The van der Waals surface area contributed by atoms with Gasteiger partial charge in [-0.05, 0) is 38.2 Å². The van der Waals surface area contributed by atoms with Gasteiger partial charge in [-0.3, -0.25) is 0 Å². The van der Waals surface area contributed by atoms with Crippen LogP contribution in [0, 0.1) is 0 Å². The van der Waals surface area contributed by atoms with Crippen molar-refractivity contribution in [2.24, 2.45) is 0 Å². The molecule has 1 aliphatic rings. The van der Waals surface area contributed by atoms with Gasteiger partial charge >= 0.3 is 0 Å². The van der Waals surface area contributed by atoms with E-state index >= 15 is 0 Å². The molecule has 1 aromatic rings. The number of rotatable bonds is 4. The maximum atomic E-state index is 5.53. The van der Waals surface area contributed by atoms with Crippen LogP contribution in [0.2, 0.25) is 0 Å². The molecule has 4 heteroatoms. The fourth-order valence-electron chi connectivity index (χ4n) is 2.40. The second-order valence-electron chi connectivity index (χ2n) is 5.00. The monoisotopic (exact) mass is 312 g/mol. The number of morpholine rings is 1. The molecule has 0 aromatic heterocycles. The lowest BCUT2D eigenvalue weighted by molar-refractivity contribution is 0.0648. The van der Waals surface area contributed by atoms with Gasteiger partial charge in [0, 0.05) is 23.1 Å². The van der Waals surface area contributed by atoms with Crippen molar-refractivity contribution in [3.63, 3.8) is 0 Å². The summed E-state index contributed by atoms with van der Waals surface area (Å²) in [6.07, 6.45) is 1.07. The fraction of sp³-hybridized carbons (Fsp3) is 0.571. The minimum atomic E-state index is 0.418. The van der Waals surface area contributed by atoms with Gasteiger partial charge in [0.15, 0.2) is 0 Å². The molecule has 0 radical (unpaired) electrons. The number of hydrogen-bond donors (Lipinski definition) is 1. The zero-order chi connectivity index (χ0) is 13.0. The van der Waals surface area contributed by atoms with E-state index in [0.717, 1.165) is 30.7 Å². The summed E-state index contributed by atoms with van der Waals surface area (Å²) in [4.78, 5) is 2.28. The van der Waals surface area contributed by atoms with Crippen molar-refractivity contribution < 1.29 is 4.74 Å². The molecule has 1 heterocycles. The predicted molar refractivity (Wildman–Crippen MR) is 77.8 cm³/mol. The second kappa shape index (κ2) is 6.66. The quantitative estimate of drug-likeness (QED) is 0.924. The van der Waals surface area contributed by atoms with Crippen molar-refractivity contribution in [1.82, 2.24) is 10.2 Å². The molecule has 0 spiro atoms. The van der Waals surface area contributed by atoms with Crippen LogP contribution < -0.4 is 5.32 Å². The van der Waals surface area contributed by atoms with Crippen LogP contribution in [0.15, 0.2) is 28.7 Å². The number of ether oxygens (including phenoxy) is 1. The minimum Gasteiger partial charge on any atom is -0.379 e. The first kappa shape index (κ1) is 14.0. The molecule has 0 saturated carbocycles. The third kappa shape index (κ3) is 3.79. The van der Waals surface area contributed by atoms with E-state index in [4.69, 9.17) is 4.74 Å². The van der Waals surface area contributed by atoms with Gasteiger partial charge in [0.2, 0.25) is 0 Å². The SMILES string of the molecule is CN(C)C(CC1COCCN1)c1cccc(Br)c1. The summed E-state index contributed by atoms with van der Waals surface area (Å²) >= 11 is 3.55. The lowest BCUT2D eigenvalue weighted by Gasteiger charge is -2.31. The first-order chi connectivity index (χ1) is 8.66. The van der Waals surface area contributed by atoms with E-state index in [0.29, 0.717) is 12.1 Å². The van der Waals surface area contributed by atoms with Gasteiger partial charge in [0.1, 0.15) is 0 Å². The van der Waals surface area contributed by atoms with Crippen molar-refractivity contribution in [2.45, 2.75) is 18.5 Å². The Morgan fingerprint density at radius 2 is 2.33 bits per heavy atom. The van der Waals surface area contributed by atoms with Gasteiger partial charge in [-0.1, -0.05) is 28.1 Å². The highest BCUT2D eigenvalue weighted by molar-refractivity contribution is 9.10. The molecule has 0 aliphatic carbocycles. The molecule has 1 aliphatic heterocycles. The molecular formula is C14H21BrN2O. The Morgan fingerprint density at radius 3 is 2.94 bits per heavy atom. The highest BCUT2D eigenvalue weighted by Crippen LogP contribution is 2.26. The Morgan fingerprint density at radius 1 is 1.50 bits per heavy atom. The Balaban J connectivity index is 2.07. The summed E-state index contributed by atoms with van der Waals surface area (Å²) in [7, 11) is 4.27. The molecular weight excluding hydrogens is 292 g/mol. The Kier molecular flexibility index (Phi) is 5.18. The summed E-state index contributed by atoms with van der Waals surface area (Å²) in [6, 6.07) is 9.43. The Bertz CT molecular complexity index is 378. The van der Waals surface area contributed by atoms with Crippen molar-refractivity contribution in [3.05, 3.63) is 34.3 Å². The van der Waals surface area contributed by atoms with E-state index in [1.54, 1.807) is 0 Å². The first-order valence-electron chi connectivity index (χ1n) is 6.40. The van der Waals surface area contributed by atoms with Gasteiger partial charge in [-0.25, -0.2) is 0 Å². The van der Waals surface area contributed by atoms with Crippen molar-refractivity contribution in [1.29, 1.82) is 0 Å². The number of nitrogens with one attached hydrogen (secondary N) is 1. The average Bonchev–Trinajstić information content (AvgIpc) is 2.37. The van der Waals surface area contributed by atoms with Gasteiger partial charge in [-0.2, -0.15) is 0 Å². The van der Waals surface area contributed by atoms with Crippen molar-refractivity contribution in [3.8, 4) is 0 Å². The Labute approximate surface area is 118 Å². The number of nitrogens with zero attached hydrogens (tertiary/aromatic N) is 1. The van der Waals surface area contributed by atoms with Gasteiger partial charge < -0.3 is 15.0 Å². The van der Waals surface area contributed by atoms with Gasteiger partial charge in [0.25, 0.3) is 0 Å². The molecule has 100 valence electrons. The van der Waals surface area contributed by atoms with E-state index < -0.39 is 0 Å². The first-order valence-corrected chi connectivity index (χ1v) is 7.19. The van der Waals surface area contributed by atoms with Crippen molar-refractivity contribution in [2.75, 3.05) is 33.9 Å². The normalized spacial score (nSPS) is 22.1. The summed E-state index contributed by atoms with van der Waals surface area (Å²) in [5, 5.41) is 3.53. The third-order valence-corrected chi connectivity index (χ3v) is 3.86. The third-order valence-electron chi connectivity index (χ3n) is 3.36. The van der Waals surface area contributed by atoms with Crippen molar-refractivity contribution >= 4 is 15.9 Å². The van der Waals surface area contributed by atoms with Crippen LogP contribution in [-0.2, 0) is 4.74 Å². The topological polar surface area (TPSA) is 24.5 Å². The smallest absolute Gasteiger partial charge is 0.0620 e. The molecule has 2 rings (SSSR count). The van der Waals surface area contributed by atoms with Crippen LogP contribution in [0.5, 0.6) is 0 Å². The Hall–Kier alpha value is -0.420. The van der Waals surface area contributed by atoms with E-state index in [1.807, 2.05) is 0 Å². The summed E-state index contributed by atoms with van der Waals surface area (Å²) < 4.78 is 6.67. The highest BCUT2D eigenvalue weighted by Gasteiger charge is 2.21. The van der Waals surface area contributed by atoms with Crippen LogP contribution >= 0.6 is 15.9 Å². The lowest BCUT2D eigenvalue weighted by Crippen LogP contribution is -2.43. The van der Waals surface area contributed by atoms with Crippen LogP contribution in [0.3, 0.4) is 0 Å². The number of hydrogen-bond acceptors (Lipinski definition) is 3. The molecule has 0 bridgehead atoms. The molecule has 0 amide bonds. The molecule has 1 saturated heterocycles. The van der Waals surface area contributed by atoms with Crippen LogP contribution in [0.25, 0.3) is 0 Å². The van der Waals surface area contributed by atoms with E-state index in [-0.39, 0.29) is 0 Å². The molecule has 18 heavy (non-hydrogen) atoms. The average molecular weight is 313 g/mol. The van der Waals surface area contributed by atoms with Crippen LogP contribution in [0.1, 0.15) is 18.0 Å². The summed E-state index contributed by atoms with van der Waals surface area (Å²) in [5.41, 5.74) is 1.35. The van der Waals surface area contributed by atoms with E-state index in [9.17, 15) is 0 Å². The molecule has 2 atom stereocenters. The molecule has 1 N–H and O–H groups in total. The van der Waals surface area contributed by atoms with Crippen LogP contribution in [0.4, 0.5) is 0 Å². The number of halogens is 1. The zero-order valence-corrected chi connectivity index (χ0v) is 12.6. The molecule has 3 nitrogen and oxygen atoms in total. The molecule has 1 fully saturated rings. The molecule has 1 aromatic carbocycles. The fourth-order valence-corrected chi connectivity index (χ4v) is 2.82. The maximum Gasteiger partial charge on any atom is 0.0620 e. The minimum absolute atomic E-state index is 0.418. The zero-order valence-electron chi connectivity index (χ0n) is 11.0. The lowest BCUT2D eigenvalue weighted by atomic mass is 9.98. The predicted octanol–water partition coefficient (Wildman–Crippen LogP) is 2.43.